The minimum absolute atomic E-state index is 0.242. The van der Waals surface area contributed by atoms with Crippen LogP contribution >= 0.6 is 0 Å². The predicted molar refractivity (Wildman–Crippen MR) is 91.6 cm³/mol. The molecule has 0 saturated carbocycles. The number of fused-ring (bicyclic) bond motifs is 1. The lowest BCUT2D eigenvalue weighted by atomic mass is 10.0. The Kier molecular flexibility index (Phi) is 4.49. The minimum atomic E-state index is -0.242. The van der Waals surface area contributed by atoms with Gasteiger partial charge >= 0.3 is 5.97 Å². The quantitative estimate of drug-likeness (QED) is 0.863. The van der Waals surface area contributed by atoms with Crippen LogP contribution in [0.4, 0.5) is 0 Å². The van der Waals surface area contributed by atoms with Gasteiger partial charge in [0.25, 0.3) is 0 Å². The van der Waals surface area contributed by atoms with E-state index in [1.807, 2.05) is 12.1 Å². The number of benzene rings is 2. The van der Waals surface area contributed by atoms with Gasteiger partial charge in [-0.15, -0.1) is 0 Å². The van der Waals surface area contributed by atoms with E-state index in [0.29, 0.717) is 5.56 Å². The summed E-state index contributed by atoms with van der Waals surface area (Å²) in [6.07, 6.45) is 1.93. The summed E-state index contributed by atoms with van der Waals surface area (Å²) in [6, 6.07) is 15.1. The third kappa shape index (κ3) is 3.15. The normalized spacial score (nSPS) is 17.6. The van der Waals surface area contributed by atoms with Crippen molar-refractivity contribution in [2.75, 3.05) is 7.11 Å². The summed E-state index contributed by atoms with van der Waals surface area (Å²) in [5.41, 5.74) is 5.63. The van der Waals surface area contributed by atoms with Gasteiger partial charge in [0.05, 0.1) is 12.7 Å². The van der Waals surface area contributed by atoms with E-state index in [1.165, 1.54) is 23.8 Å². The lowest BCUT2D eigenvalue weighted by Crippen LogP contribution is -2.23. The van der Waals surface area contributed by atoms with Crippen molar-refractivity contribution < 1.29 is 9.53 Å². The molecule has 1 aliphatic carbocycles. The van der Waals surface area contributed by atoms with Crippen molar-refractivity contribution in [3.05, 3.63) is 70.3 Å². The van der Waals surface area contributed by atoms with Crippen LogP contribution in [0.2, 0.25) is 0 Å². The first-order valence-electron chi connectivity index (χ1n) is 8.13. The molecule has 0 unspecified atom stereocenters. The number of nitrogens with one attached hydrogen (secondary N) is 1. The summed E-state index contributed by atoms with van der Waals surface area (Å²) in [5, 5.41) is 3.70. The van der Waals surface area contributed by atoms with Gasteiger partial charge in [-0.05, 0) is 49.4 Å². The zero-order valence-electron chi connectivity index (χ0n) is 13.9. The van der Waals surface area contributed by atoms with Crippen LogP contribution in [0.1, 0.15) is 58.0 Å². The standard InChI is InChI=1S/C20H23NO2/c1-13-7-9-15(10-8-13)14(2)21-19-12-11-16-17(19)5-4-6-18(16)20(22)23-3/h4-10,14,19,21H,11-12H2,1-3H3/t14-,19-/m1/s1. The third-order valence-corrected chi connectivity index (χ3v) is 4.70. The molecular weight excluding hydrogens is 286 g/mol. The average molecular weight is 309 g/mol. The van der Waals surface area contributed by atoms with Gasteiger partial charge in [-0.1, -0.05) is 42.0 Å². The van der Waals surface area contributed by atoms with Gasteiger partial charge in [-0.3, -0.25) is 0 Å². The fraction of sp³-hybridized carbons (Fsp3) is 0.350. The number of carbonyl (C=O) groups is 1. The Bertz CT molecular complexity index is 706. The summed E-state index contributed by atoms with van der Waals surface area (Å²) in [4.78, 5) is 11.9. The Hall–Kier alpha value is -2.13. The number of hydrogen-bond donors (Lipinski definition) is 1. The van der Waals surface area contributed by atoms with Crippen LogP contribution in [0.3, 0.4) is 0 Å². The van der Waals surface area contributed by atoms with Crippen molar-refractivity contribution in [3.8, 4) is 0 Å². The summed E-state index contributed by atoms with van der Waals surface area (Å²) >= 11 is 0. The van der Waals surface area contributed by atoms with Gasteiger partial charge in [-0.25, -0.2) is 4.79 Å². The summed E-state index contributed by atoms with van der Waals surface area (Å²) in [5.74, 6) is -0.242. The van der Waals surface area contributed by atoms with E-state index >= 15 is 0 Å². The molecule has 2 aromatic carbocycles. The molecule has 0 spiro atoms. The van der Waals surface area contributed by atoms with Crippen LogP contribution in [0.25, 0.3) is 0 Å². The highest BCUT2D eigenvalue weighted by molar-refractivity contribution is 5.91. The first-order chi connectivity index (χ1) is 11.1. The van der Waals surface area contributed by atoms with Gasteiger partial charge in [0, 0.05) is 12.1 Å². The topological polar surface area (TPSA) is 38.3 Å². The molecule has 0 aromatic heterocycles. The van der Waals surface area contributed by atoms with Crippen molar-refractivity contribution in [1.82, 2.24) is 5.32 Å². The number of aryl methyl sites for hydroxylation is 1. The van der Waals surface area contributed by atoms with Crippen molar-refractivity contribution in [1.29, 1.82) is 0 Å². The number of ether oxygens (including phenoxy) is 1. The van der Waals surface area contributed by atoms with Gasteiger partial charge in [0.1, 0.15) is 0 Å². The third-order valence-electron chi connectivity index (χ3n) is 4.70. The van der Waals surface area contributed by atoms with E-state index in [4.69, 9.17) is 4.74 Å². The predicted octanol–water partition coefficient (Wildman–Crippen LogP) is 4.12. The smallest absolute Gasteiger partial charge is 0.338 e. The molecule has 2 atom stereocenters. The van der Waals surface area contributed by atoms with Gasteiger partial charge < -0.3 is 10.1 Å². The molecule has 3 heteroatoms. The number of rotatable bonds is 4. The van der Waals surface area contributed by atoms with Crippen molar-refractivity contribution >= 4 is 5.97 Å². The van der Waals surface area contributed by atoms with Crippen LogP contribution < -0.4 is 5.32 Å². The van der Waals surface area contributed by atoms with Crippen molar-refractivity contribution in [2.45, 2.75) is 38.8 Å². The van der Waals surface area contributed by atoms with Crippen LogP contribution in [0, 0.1) is 6.92 Å². The minimum Gasteiger partial charge on any atom is -0.465 e. The molecule has 1 N–H and O–H groups in total. The van der Waals surface area contributed by atoms with Crippen LogP contribution in [-0.4, -0.2) is 13.1 Å². The van der Waals surface area contributed by atoms with Crippen LogP contribution in [0.15, 0.2) is 42.5 Å². The molecule has 23 heavy (non-hydrogen) atoms. The van der Waals surface area contributed by atoms with E-state index in [0.717, 1.165) is 18.4 Å². The molecule has 0 amide bonds. The maximum absolute atomic E-state index is 11.9. The Morgan fingerprint density at radius 2 is 1.96 bits per heavy atom. The van der Waals surface area contributed by atoms with Crippen LogP contribution in [0.5, 0.6) is 0 Å². The first kappa shape index (κ1) is 15.8. The molecule has 1 aliphatic rings. The second kappa shape index (κ2) is 6.55. The number of methoxy groups -OCH3 is 1. The molecule has 0 bridgehead atoms. The summed E-state index contributed by atoms with van der Waals surface area (Å²) in [7, 11) is 1.44. The fourth-order valence-electron chi connectivity index (χ4n) is 3.38. The van der Waals surface area contributed by atoms with E-state index < -0.39 is 0 Å². The first-order valence-corrected chi connectivity index (χ1v) is 8.13. The largest absolute Gasteiger partial charge is 0.465 e. The van der Waals surface area contributed by atoms with E-state index in [2.05, 4.69) is 49.5 Å². The number of hydrogen-bond acceptors (Lipinski definition) is 3. The van der Waals surface area contributed by atoms with E-state index in [9.17, 15) is 4.79 Å². The Morgan fingerprint density at radius 1 is 1.22 bits per heavy atom. The maximum atomic E-state index is 11.9. The molecule has 2 aromatic rings. The van der Waals surface area contributed by atoms with Gasteiger partial charge in [0.2, 0.25) is 0 Å². The second-order valence-electron chi connectivity index (χ2n) is 6.26. The van der Waals surface area contributed by atoms with Crippen molar-refractivity contribution in [3.63, 3.8) is 0 Å². The van der Waals surface area contributed by atoms with E-state index in [-0.39, 0.29) is 18.1 Å². The molecule has 3 rings (SSSR count). The van der Waals surface area contributed by atoms with Gasteiger partial charge in [-0.2, -0.15) is 0 Å². The highest BCUT2D eigenvalue weighted by Crippen LogP contribution is 2.35. The Labute approximate surface area is 137 Å². The lowest BCUT2D eigenvalue weighted by molar-refractivity contribution is 0.0599. The second-order valence-corrected chi connectivity index (χ2v) is 6.26. The molecule has 3 nitrogen and oxygen atoms in total. The highest BCUT2D eigenvalue weighted by Gasteiger charge is 2.27. The Morgan fingerprint density at radius 3 is 2.65 bits per heavy atom. The summed E-state index contributed by atoms with van der Waals surface area (Å²) < 4.78 is 4.90. The molecular formula is C20H23NO2. The fourth-order valence-corrected chi connectivity index (χ4v) is 3.38. The van der Waals surface area contributed by atoms with E-state index in [1.54, 1.807) is 0 Å². The highest BCUT2D eigenvalue weighted by atomic mass is 16.5. The summed E-state index contributed by atoms with van der Waals surface area (Å²) in [6.45, 7) is 4.29. The Balaban J connectivity index is 1.80. The van der Waals surface area contributed by atoms with Crippen molar-refractivity contribution in [2.24, 2.45) is 0 Å². The zero-order chi connectivity index (χ0) is 16.4. The van der Waals surface area contributed by atoms with Gasteiger partial charge in [0.15, 0.2) is 0 Å². The number of esters is 1. The molecule has 120 valence electrons. The molecule has 0 saturated heterocycles. The van der Waals surface area contributed by atoms with Crippen LogP contribution in [-0.2, 0) is 11.2 Å². The zero-order valence-corrected chi connectivity index (χ0v) is 13.9. The molecule has 0 fully saturated rings. The molecule has 0 heterocycles. The number of carbonyl (C=O) groups excluding carboxylic acids is 1. The molecule has 0 radical (unpaired) electrons. The average Bonchev–Trinajstić information content (AvgIpc) is 2.97. The lowest BCUT2D eigenvalue weighted by Gasteiger charge is -2.21. The molecule has 0 aliphatic heterocycles. The SMILES string of the molecule is COC(=O)c1cccc2c1CC[C@H]2N[C@H](C)c1ccc(C)cc1. The maximum Gasteiger partial charge on any atom is 0.338 e. The monoisotopic (exact) mass is 309 g/mol.